The number of aryl methyl sites for hydroxylation is 2. The lowest BCUT2D eigenvalue weighted by molar-refractivity contribution is 0.0317. The fourth-order valence-electron chi connectivity index (χ4n) is 1.62. The summed E-state index contributed by atoms with van der Waals surface area (Å²) in [5.41, 5.74) is 2.52. The molecule has 1 heterocycles. The van der Waals surface area contributed by atoms with Gasteiger partial charge < -0.3 is 18.9 Å². The lowest BCUT2D eigenvalue weighted by Gasteiger charge is -2.09. The minimum absolute atomic E-state index is 0.327. The predicted molar refractivity (Wildman–Crippen MR) is 72.8 cm³/mol. The highest BCUT2D eigenvalue weighted by Crippen LogP contribution is 2.16. The minimum Gasteiger partial charge on any atom is -0.491 e. The highest BCUT2D eigenvalue weighted by atomic mass is 16.6. The van der Waals surface area contributed by atoms with E-state index < -0.39 is 0 Å². The van der Waals surface area contributed by atoms with Gasteiger partial charge in [0.15, 0.2) is 0 Å². The topological polar surface area (TPSA) is 40.2 Å². The first-order valence-electron chi connectivity index (χ1n) is 6.73. The molecule has 0 saturated carbocycles. The van der Waals surface area contributed by atoms with Crippen molar-refractivity contribution in [2.24, 2.45) is 0 Å². The fourth-order valence-corrected chi connectivity index (χ4v) is 1.62. The van der Waals surface area contributed by atoms with Gasteiger partial charge in [0.1, 0.15) is 18.5 Å². The number of rotatable bonds is 9. The van der Waals surface area contributed by atoms with E-state index in [1.165, 1.54) is 11.1 Å². The summed E-state index contributed by atoms with van der Waals surface area (Å²) < 4.78 is 21.4. The summed E-state index contributed by atoms with van der Waals surface area (Å²) in [6, 6.07) is 6.11. The first-order valence-corrected chi connectivity index (χ1v) is 6.73. The molecule has 1 aliphatic rings. The Kier molecular flexibility index (Phi) is 5.63. The molecule has 0 aliphatic carbocycles. The lowest BCUT2D eigenvalue weighted by atomic mass is 10.1. The molecule has 106 valence electrons. The van der Waals surface area contributed by atoms with Crippen LogP contribution in [-0.2, 0) is 14.2 Å². The highest BCUT2D eigenvalue weighted by Gasteiger charge is 2.21. The van der Waals surface area contributed by atoms with Crippen molar-refractivity contribution in [2.45, 2.75) is 20.0 Å². The number of benzene rings is 1. The second kappa shape index (κ2) is 7.48. The Morgan fingerprint density at radius 2 is 1.79 bits per heavy atom. The van der Waals surface area contributed by atoms with Crippen LogP contribution < -0.4 is 4.74 Å². The van der Waals surface area contributed by atoms with E-state index in [1.54, 1.807) is 0 Å². The second-order valence-electron chi connectivity index (χ2n) is 4.74. The van der Waals surface area contributed by atoms with Crippen LogP contribution in [0.3, 0.4) is 0 Å². The van der Waals surface area contributed by atoms with E-state index in [0.717, 1.165) is 12.4 Å². The normalized spacial score (nSPS) is 17.5. The summed E-state index contributed by atoms with van der Waals surface area (Å²) in [4.78, 5) is 0. The first-order chi connectivity index (χ1) is 9.25. The first kappa shape index (κ1) is 14.3. The van der Waals surface area contributed by atoms with E-state index >= 15 is 0 Å². The molecule has 4 nitrogen and oxygen atoms in total. The molecule has 19 heavy (non-hydrogen) atoms. The fraction of sp³-hybridized carbons (Fsp3) is 0.600. The third-order valence-electron chi connectivity index (χ3n) is 3.05. The lowest BCUT2D eigenvalue weighted by Crippen LogP contribution is -2.12. The van der Waals surface area contributed by atoms with Gasteiger partial charge in [0, 0.05) is 0 Å². The van der Waals surface area contributed by atoms with Crippen molar-refractivity contribution < 1.29 is 18.9 Å². The predicted octanol–water partition coefficient (Wildman–Crippen LogP) is 2.11. The van der Waals surface area contributed by atoms with Crippen LogP contribution in [0.1, 0.15) is 11.1 Å². The number of ether oxygens (including phenoxy) is 4. The Bertz CT molecular complexity index is 388. The van der Waals surface area contributed by atoms with Crippen molar-refractivity contribution in [1.29, 1.82) is 0 Å². The standard InChI is InChI=1S/C15H22O4/c1-12-3-4-14(9-13(12)2)18-8-7-16-5-6-17-10-15-11-19-15/h3-4,9,15H,5-8,10-11H2,1-2H3. The molecule has 4 heteroatoms. The van der Waals surface area contributed by atoms with Crippen LogP contribution in [0.2, 0.25) is 0 Å². The molecule has 1 aliphatic heterocycles. The van der Waals surface area contributed by atoms with Crippen molar-refractivity contribution in [2.75, 3.05) is 39.6 Å². The quantitative estimate of drug-likeness (QED) is 0.507. The number of hydrogen-bond acceptors (Lipinski definition) is 4. The Morgan fingerprint density at radius 3 is 2.53 bits per heavy atom. The van der Waals surface area contributed by atoms with Crippen LogP contribution in [0.5, 0.6) is 5.75 Å². The molecule has 1 atom stereocenters. The average molecular weight is 266 g/mol. The third-order valence-corrected chi connectivity index (χ3v) is 3.05. The summed E-state index contributed by atoms with van der Waals surface area (Å²) in [5, 5.41) is 0. The molecule has 0 radical (unpaired) electrons. The molecular weight excluding hydrogens is 244 g/mol. The van der Waals surface area contributed by atoms with Crippen molar-refractivity contribution in [1.82, 2.24) is 0 Å². The zero-order valence-corrected chi connectivity index (χ0v) is 11.7. The van der Waals surface area contributed by atoms with Gasteiger partial charge in [-0.05, 0) is 37.1 Å². The van der Waals surface area contributed by atoms with Gasteiger partial charge in [-0.15, -0.1) is 0 Å². The molecule has 1 aromatic rings. The molecule has 0 aromatic heterocycles. The minimum atomic E-state index is 0.327. The molecule has 1 saturated heterocycles. The van der Waals surface area contributed by atoms with Crippen LogP contribution in [0, 0.1) is 13.8 Å². The summed E-state index contributed by atoms with van der Waals surface area (Å²) in [7, 11) is 0. The number of hydrogen-bond donors (Lipinski definition) is 0. The maximum absolute atomic E-state index is 5.61. The van der Waals surface area contributed by atoms with Crippen LogP contribution in [-0.4, -0.2) is 45.7 Å². The zero-order valence-electron chi connectivity index (χ0n) is 11.7. The van der Waals surface area contributed by atoms with Crippen LogP contribution in [0.25, 0.3) is 0 Å². The van der Waals surface area contributed by atoms with E-state index in [1.807, 2.05) is 12.1 Å². The van der Waals surface area contributed by atoms with Gasteiger partial charge in [0.2, 0.25) is 0 Å². The number of epoxide rings is 1. The van der Waals surface area contributed by atoms with E-state index in [9.17, 15) is 0 Å². The maximum Gasteiger partial charge on any atom is 0.119 e. The maximum atomic E-state index is 5.61. The molecular formula is C15H22O4. The summed E-state index contributed by atoms with van der Waals surface area (Å²) in [6.45, 7) is 8.05. The average Bonchev–Trinajstić information content (AvgIpc) is 3.21. The smallest absolute Gasteiger partial charge is 0.119 e. The largest absolute Gasteiger partial charge is 0.491 e. The van der Waals surface area contributed by atoms with Crippen molar-refractivity contribution in [3.8, 4) is 5.75 Å². The van der Waals surface area contributed by atoms with Gasteiger partial charge in [0.25, 0.3) is 0 Å². The van der Waals surface area contributed by atoms with Crippen molar-refractivity contribution in [3.63, 3.8) is 0 Å². The molecule has 2 rings (SSSR count). The van der Waals surface area contributed by atoms with Crippen LogP contribution in [0.4, 0.5) is 0 Å². The Hall–Kier alpha value is -1.10. The monoisotopic (exact) mass is 266 g/mol. The molecule has 1 fully saturated rings. The van der Waals surface area contributed by atoms with Gasteiger partial charge >= 0.3 is 0 Å². The molecule has 0 spiro atoms. The van der Waals surface area contributed by atoms with Crippen molar-refractivity contribution >= 4 is 0 Å². The van der Waals surface area contributed by atoms with Gasteiger partial charge in [-0.25, -0.2) is 0 Å². The van der Waals surface area contributed by atoms with Gasteiger partial charge in [0.05, 0.1) is 33.0 Å². The van der Waals surface area contributed by atoms with Gasteiger partial charge in [-0.1, -0.05) is 6.07 Å². The summed E-state index contributed by atoms with van der Waals surface area (Å²) >= 11 is 0. The highest BCUT2D eigenvalue weighted by molar-refractivity contribution is 5.33. The van der Waals surface area contributed by atoms with Crippen LogP contribution >= 0.6 is 0 Å². The summed E-state index contributed by atoms with van der Waals surface area (Å²) in [6.07, 6.45) is 0.327. The van der Waals surface area contributed by atoms with Gasteiger partial charge in [-0.3, -0.25) is 0 Å². The van der Waals surface area contributed by atoms with E-state index in [2.05, 4.69) is 19.9 Å². The molecule has 0 amide bonds. The Balaban J connectivity index is 1.47. The Labute approximate surface area is 114 Å². The zero-order chi connectivity index (χ0) is 13.5. The third kappa shape index (κ3) is 5.59. The molecule has 1 aromatic carbocycles. The molecule has 1 unspecified atom stereocenters. The van der Waals surface area contributed by atoms with Crippen molar-refractivity contribution in [3.05, 3.63) is 29.3 Å². The van der Waals surface area contributed by atoms with E-state index in [0.29, 0.717) is 39.1 Å². The second-order valence-corrected chi connectivity index (χ2v) is 4.74. The van der Waals surface area contributed by atoms with Gasteiger partial charge in [-0.2, -0.15) is 0 Å². The van der Waals surface area contributed by atoms with E-state index in [-0.39, 0.29) is 0 Å². The Morgan fingerprint density at radius 1 is 1.05 bits per heavy atom. The van der Waals surface area contributed by atoms with E-state index in [4.69, 9.17) is 18.9 Å². The SMILES string of the molecule is Cc1ccc(OCCOCCOCC2CO2)cc1C. The van der Waals surface area contributed by atoms with Crippen LogP contribution in [0.15, 0.2) is 18.2 Å². The molecule has 0 N–H and O–H groups in total. The summed E-state index contributed by atoms with van der Waals surface area (Å²) in [5.74, 6) is 0.897. The molecule has 0 bridgehead atoms.